The lowest BCUT2D eigenvalue weighted by molar-refractivity contribution is -0.137. The number of carboxylic acid groups (broad SMARTS) is 1. The zero-order chi connectivity index (χ0) is 26.2. The fraction of sp³-hybridized carbons (Fsp3) is 0.345. The number of anilines is 2. The first-order valence-corrected chi connectivity index (χ1v) is 14.4. The van der Waals surface area contributed by atoms with Gasteiger partial charge in [-0.15, -0.1) is 0 Å². The number of nitrogens with zero attached hydrogens (tertiary/aromatic N) is 1. The number of hydrogen-bond acceptors (Lipinski definition) is 6. The van der Waals surface area contributed by atoms with Crippen LogP contribution in [0.15, 0.2) is 65.6 Å². The highest BCUT2D eigenvalue weighted by Gasteiger charge is 2.30. The summed E-state index contributed by atoms with van der Waals surface area (Å²) in [5, 5.41) is 9.15. The predicted octanol–water partition coefficient (Wildman–Crippen LogP) is 5.31. The summed E-state index contributed by atoms with van der Waals surface area (Å²) >= 11 is 0. The van der Waals surface area contributed by atoms with E-state index in [1.807, 2.05) is 36.4 Å². The summed E-state index contributed by atoms with van der Waals surface area (Å²) in [5.41, 5.74) is 5.14. The van der Waals surface area contributed by atoms with Crippen molar-refractivity contribution in [3.8, 4) is 11.5 Å². The van der Waals surface area contributed by atoms with Crippen molar-refractivity contribution < 1.29 is 27.8 Å². The van der Waals surface area contributed by atoms with Crippen LogP contribution in [0.25, 0.3) is 0 Å². The van der Waals surface area contributed by atoms with Gasteiger partial charge in [-0.3, -0.25) is 4.79 Å². The Bertz CT molecular complexity index is 1420. The van der Waals surface area contributed by atoms with Gasteiger partial charge in [-0.25, -0.2) is 8.42 Å². The van der Waals surface area contributed by atoms with Crippen molar-refractivity contribution in [2.45, 2.75) is 42.9 Å². The molecule has 2 heterocycles. The standard InChI is InChI=1S/C29H31NO6S/c1-3-13-30(22-8-10-23(11-9-22)37(2,33)34)26-6-4-5-25-20(18-36-29(25)26)14-19-7-12-24-21(16-28(31)32)17-35-27(24)15-19/h4-12,15,20-21H,3,13-14,16-18H2,1-2H3,(H,31,32)/t20-,21-/m1/s1. The molecule has 0 spiro atoms. The number of ether oxygens (including phenoxy) is 2. The minimum atomic E-state index is -3.26. The Morgan fingerprint density at radius 3 is 2.46 bits per heavy atom. The highest BCUT2D eigenvalue weighted by atomic mass is 32.2. The highest BCUT2D eigenvalue weighted by Crippen LogP contribution is 2.45. The molecule has 3 aromatic rings. The Morgan fingerprint density at radius 2 is 1.76 bits per heavy atom. The molecule has 0 amide bonds. The number of fused-ring (bicyclic) bond motifs is 2. The van der Waals surface area contributed by atoms with Gasteiger partial charge < -0.3 is 19.5 Å². The van der Waals surface area contributed by atoms with E-state index in [-0.39, 0.29) is 18.3 Å². The number of sulfone groups is 1. The van der Waals surface area contributed by atoms with Gasteiger partial charge in [0.25, 0.3) is 0 Å². The molecule has 2 aliphatic rings. The molecular weight excluding hydrogens is 490 g/mol. The third-order valence-electron chi connectivity index (χ3n) is 7.07. The summed E-state index contributed by atoms with van der Waals surface area (Å²) in [6.45, 7) is 3.85. The van der Waals surface area contributed by atoms with Crippen LogP contribution < -0.4 is 14.4 Å². The van der Waals surface area contributed by atoms with Gasteiger partial charge in [0.05, 0.1) is 30.2 Å². The molecule has 2 atom stereocenters. The second kappa shape index (κ2) is 10.1. The van der Waals surface area contributed by atoms with Gasteiger partial charge in [-0.1, -0.05) is 31.2 Å². The molecule has 37 heavy (non-hydrogen) atoms. The van der Waals surface area contributed by atoms with E-state index in [0.29, 0.717) is 18.1 Å². The zero-order valence-corrected chi connectivity index (χ0v) is 21.8. The van der Waals surface area contributed by atoms with Gasteiger partial charge in [0.1, 0.15) is 11.5 Å². The van der Waals surface area contributed by atoms with Crippen LogP contribution in [0.1, 0.15) is 48.3 Å². The van der Waals surface area contributed by atoms with E-state index in [1.165, 1.54) is 6.26 Å². The van der Waals surface area contributed by atoms with Gasteiger partial charge >= 0.3 is 5.97 Å². The molecule has 1 N–H and O–H groups in total. The summed E-state index contributed by atoms with van der Waals surface area (Å²) < 4.78 is 35.9. The van der Waals surface area contributed by atoms with Crippen molar-refractivity contribution in [1.29, 1.82) is 0 Å². The van der Waals surface area contributed by atoms with E-state index >= 15 is 0 Å². The smallest absolute Gasteiger partial charge is 0.304 e. The van der Waals surface area contributed by atoms with Crippen LogP contribution >= 0.6 is 0 Å². The quantitative estimate of drug-likeness (QED) is 0.408. The molecule has 0 saturated carbocycles. The molecule has 5 rings (SSSR count). The summed E-state index contributed by atoms with van der Waals surface area (Å²) in [7, 11) is -3.26. The Balaban J connectivity index is 1.39. The van der Waals surface area contributed by atoms with Crippen LogP contribution in [0.3, 0.4) is 0 Å². The maximum Gasteiger partial charge on any atom is 0.304 e. The lowest BCUT2D eigenvalue weighted by Crippen LogP contribution is -2.18. The normalized spacial score (nSPS) is 18.0. The molecule has 0 radical (unpaired) electrons. The lowest BCUT2D eigenvalue weighted by Gasteiger charge is -2.26. The maximum atomic E-state index is 11.9. The van der Waals surface area contributed by atoms with Crippen LogP contribution in [-0.2, 0) is 21.1 Å². The van der Waals surface area contributed by atoms with Gasteiger partial charge in [0.2, 0.25) is 0 Å². The molecule has 7 nitrogen and oxygen atoms in total. The molecule has 3 aromatic carbocycles. The molecule has 0 aliphatic carbocycles. The Hall–Kier alpha value is -3.52. The average molecular weight is 522 g/mol. The molecule has 8 heteroatoms. The van der Waals surface area contributed by atoms with E-state index in [2.05, 4.69) is 24.0 Å². The Kier molecular flexibility index (Phi) is 6.86. The first-order valence-electron chi connectivity index (χ1n) is 12.6. The number of hydrogen-bond donors (Lipinski definition) is 1. The summed E-state index contributed by atoms with van der Waals surface area (Å²) in [6, 6.07) is 19.3. The zero-order valence-electron chi connectivity index (χ0n) is 21.0. The Morgan fingerprint density at radius 1 is 1.00 bits per heavy atom. The molecular formula is C29H31NO6S. The van der Waals surface area contributed by atoms with Crippen LogP contribution in [0.2, 0.25) is 0 Å². The molecule has 0 fully saturated rings. The molecule has 0 unspecified atom stereocenters. The van der Waals surface area contributed by atoms with Crippen molar-refractivity contribution in [3.05, 3.63) is 77.4 Å². The lowest BCUT2D eigenvalue weighted by atomic mass is 9.91. The number of rotatable bonds is 9. The summed E-state index contributed by atoms with van der Waals surface area (Å²) in [5.74, 6) is 0.913. The van der Waals surface area contributed by atoms with Crippen LogP contribution in [0.4, 0.5) is 11.4 Å². The van der Waals surface area contributed by atoms with Crippen molar-refractivity contribution in [2.24, 2.45) is 0 Å². The minimum absolute atomic E-state index is 0.0736. The second-order valence-corrected chi connectivity index (χ2v) is 11.8. The third-order valence-corrected chi connectivity index (χ3v) is 8.20. The van der Waals surface area contributed by atoms with E-state index < -0.39 is 15.8 Å². The third kappa shape index (κ3) is 5.16. The molecule has 0 aromatic heterocycles. The van der Waals surface area contributed by atoms with Gasteiger partial charge in [-0.05, 0) is 54.8 Å². The molecule has 194 valence electrons. The second-order valence-electron chi connectivity index (χ2n) is 9.80. The van der Waals surface area contributed by atoms with Crippen LogP contribution in [0, 0.1) is 0 Å². The monoisotopic (exact) mass is 521 g/mol. The van der Waals surface area contributed by atoms with Crippen LogP contribution in [0.5, 0.6) is 11.5 Å². The first-order chi connectivity index (χ1) is 17.7. The van der Waals surface area contributed by atoms with Gasteiger partial charge in [-0.2, -0.15) is 0 Å². The van der Waals surface area contributed by atoms with E-state index in [4.69, 9.17) is 14.6 Å². The molecule has 2 aliphatic heterocycles. The van der Waals surface area contributed by atoms with E-state index in [1.54, 1.807) is 12.1 Å². The SMILES string of the molecule is CCCN(c1ccc(S(C)(=O)=O)cc1)c1cccc2c1OC[C@H]2Cc1ccc2c(c1)OC[C@H]2CC(=O)O. The van der Waals surface area contributed by atoms with Gasteiger partial charge in [0.15, 0.2) is 9.84 Å². The van der Waals surface area contributed by atoms with Crippen molar-refractivity contribution >= 4 is 27.2 Å². The number of benzene rings is 3. The predicted molar refractivity (Wildman–Crippen MR) is 142 cm³/mol. The highest BCUT2D eigenvalue weighted by molar-refractivity contribution is 7.90. The maximum absolute atomic E-state index is 11.9. The topological polar surface area (TPSA) is 93.1 Å². The number of aliphatic carboxylic acids is 1. The number of carbonyl (C=O) groups is 1. The van der Waals surface area contributed by atoms with Crippen molar-refractivity contribution in [1.82, 2.24) is 0 Å². The Labute approximate surface area is 217 Å². The van der Waals surface area contributed by atoms with Gasteiger partial charge in [0, 0.05) is 41.5 Å². The largest absolute Gasteiger partial charge is 0.493 e. The van der Waals surface area contributed by atoms with Crippen molar-refractivity contribution in [3.63, 3.8) is 0 Å². The number of carboxylic acids is 1. The fourth-order valence-electron chi connectivity index (χ4n) is 5.27. The fourth-order valence-corrected chi connectivity index (χ4v) is 5.90. The minimum Gasteiger partial charge on any atom is -0.493 e. The van der Waals surface area contributed by atoms with E-state index in [9.17, 15) is 13.2 Å². The number of para-hydroxylation sites is 1. The molecule has 0 saturated heterocycles. The van der Waals surface area contributed by atoms with E-state index in [0.717, 1.165) is 59.0 Å². The summed E-state index contributed by atoms with van der Waals surface area (Å²) in [4.78, 5) is 13.6. The first kappa shape index (κ1) is 25.1. The average Bonchev–Trinajstić information content (AvgIpc) is 3.46. The van der Waals surface area contributed by atoms with Crippen LogP contribution in [-0.4, -0.2) is 45.5 Å². The van der Waals surface area contributed by atoms with Crippen molar-refractivity contribution in [2.75, 3.05) is 30.9 Å². The molecule has 0 bridgehead atoms. The summed E-state index contributed by atoms with van der Waals surface area (Å²) in [6.07, 6.45) is 2.99.